The van der Waals surface area contributed by atoms with E-state index in [4.69, 9.17) is 34.8 Å². The van der Waals surface area contributed by atoms with Gasteiger partial charge in [0.2, 0.25) is 0 Å². The fraction of sp³-hybridized carbons (Fsp3) is 0. The zero-order valence-corrected chi connectivity index (χ0v) is 16.6. The fourth-order valence-corrected chi connectivity index (χ4v) is 4.56. The number of hydrogen-bond acceptors (Lipinski definition) is 4. The van der Waals surface area contributed by atoms with Gasteiger partial charge in [0.15, 0.2) is 5.84 Å². The van der Waals surface area contributed by atoms with Gasteiger partial charge in [-0.2, -0.15) is 8.42 Å². The Kier molecular flexibility index (Phi) is 4.60. The molecule has 0 fully saturated rings. The van der Waals surface area contributed by atoms with E-state index in [2.05, 4.69) is 9.38 Å². The summed E-state index contributed by atoms with van der Waals surface area (Å²) in [6.45, 7) is 0. The first-order valence-electron chi connectivity index (χ1n) is 7.66. The average molecular weight is 439 g/mol. The van der Waals surface area contributed by atoms with E-state index in [0.29, 0.717) is 32.0 Å². The third-order valence-electron chi connectivity index (χ3n) is 3.91. The summed E-state index contributed by atoms with van der Waals surface area (Å²) in [6, 6.07) is 13.3. The SMILES string of the molecule is O=S1(=O)N=C(c2ccc(Cl)cc2)N(c2cc(Cl)cc(Cl)c2)c2ccncc21. The second-order valence-electron chi connectivity index (χ2n) is 5.70. The summed E-state index contributed by atoms with van der Waals surface area (Å²) in [6.07, 6.45) is 2.78. The Labute approximate surface area is 170 Å². The Morgan fingerprint density at radius 3 is 2.19 bits per heavy atom. The number of halogens is 3. The number of anilines is 2. The molecule has 5 nitrogen and oxygen atoms in total. The van der Waals surface area contributed by atoms with Crippen LogP contribution in [0.25, 0.3) is 0 Å². The lowest BCUT2D eigenvalue weighted by atomic mass is 10.1. The van der Waals surface area contributed by atoms with E-state index >= 15 is 0 Å². The topological polar surface area (TPSA) is 62.6 Å². The quantitative estimate of drug-likeness (QED) is 0.542. The number of pyridine rings is 1. The molecule has 1 aliphatic rings. The maximum Gasteiger partial charge on any atom is 0.287 e. The third-order valence-corrected chi connectivity index (χ3v) is 5.88. The van der Waals surface area contributed by atoms with Crippen LogP contribution in [0.15, 0.2) is 70.2 Å². The molecule has 27 heavy (non-hydrogen) atoms. The van der Waals surface area contributed by atoms with Gasteiger partial charge >= 0.3 is 0 Å². The zero-order chi connectivity index (χ0) is 19.2. The van der Waals surface area contributed by atoms with Crippen molar-refractivity contribution < 1.29 is 8.42 Å². The van der Waals surface area contributed by atoms with Gasteiger partial charge in [-0.3, -0.25) is 9.88 Å². The molecule has 0 N–H and O–H groups in total. The lowest BCUT2D eigenvalue weighted by molar-refractivity contribution is 0.597. The van der Waals surface area contributed by atoms with E-state index in [1.165, 1.54) is 12.4 Å². The molecule has 2 heterocycles. The van der Waals surface area contributed by atoms with Crippen LogP contribution in [0.2, 0.25) is 15.1 Å². The van der Waals surface area contributed by atoms with E-state index in [0.717, 1.165) is 0 Å². The smallest absolute Gasteiger partial charge is 0.287 e. The van der Waals surface area contributed by atoms with Crippen LogP contribution in [-0.2, 0) is 10.0 Å². The van der Waals surface area contributed by atoms with E-state index in [9.17, 15) is 8.42 Å². The third kappa shape index (κ3) is 3.41. The molecule has 3 aromatic rings. The van der Waals surface area contributed by atoms with Crippen LogP contribution in [0.1, 0.15) is 5.56 Å². The van der Waals surface area contributed by atoms with Crippen molar-refractivity contribution in [1.82, 2.24) is 4.98 Å². The second kappa shape index (κ2) is 6.80. The van der Waals surface area contributed by atoms with Crippen LogP contribution >= 0.6 is 34.8 Å². The monoisotopic (exact) mass is 437 g/mol. The highest BCUT2D eigenvalue weighted by Gasteiger charge is 2.33. The highest BCUT2D eigenvalue weighted by molar-refractivity contribution is 7.90. The molecule has 0 amide bonds. The molecule has 0 saturated heterocycles. The minimum absolute atomic E-state index is 0.00110. The van der Waals surface area contributed by atoms with Gasteiger partial charge in [-0.1, -0.05) is 34.8 Å². The Morgan fingerprint density at radius 1 is 0.852 bits per heavy atom. The molecule has 1 aliphatic heterocycles. The molecule has 9 heteroatoms. The molecule has 0 spiro atoms. The highest BCUT2D eigenvalue weighted by atomic mass is 35.5. The molecule has 2 aromatic carbocycles. The van der Waals surface area contributed by atoms with Crippen molar-refractivity contribution >= 4 is 62.0 Å². The molecule has 0 saturated carbocycles. The minimum atomic E-state index is -3.93. The number of rotatable bonds is 2. The lowest BCUT2D eigenvalue weighted by Gasteiger charge is -2.31. The summed E-state index contributed by atoms with van der Waals surface area (Å²) in [5.41, 5.74) is 1.55. The molecule has 0 bridgehead atoms. The van der Waals surface area contributed by atoms with Gasteiger partial charge in [-0.05, 0) is 48.5 Å². The molecule has 4 rings (SSSR count). The number of aromatic nitrogens is 1. The first-order valence-corrected chi connectivity index (χ1v) is 10.2. The van der Waals surface area contributed by atoms with Gasteiger partial charge in [0.25, 0.3) is 10.0 Å². The van der Waals surface area contributed by atoms with Crippen molar-refractivity contribution in [2.75, 3.05) is 4.90 Å². The summed E-state index contributed by atoms with van der Waals surface area (Å²) < 4.78 is 29.4. The largest absolute Gasteiger partial charge is 0.292 e. The molecule has 136 valence electrons. The summed E-state index contributed by atoms with van der Waals surface area (Å²) in [7, 11) is -3.93. The first-order chi connectivity index (χ1) is 12.8. The normalized spacial score (nSPS) is 15.2. The van der Waals surface area contributed by atoms with Gasteiger partial charge in [0, 0.05) is 33.0 Å². The molecule has 1 aromatic heterocycles. The highest BCUT2D eigenvalue weighted by Crippen LogP contribution is 2.39. The molecule has 0 radical (unpaired) electrons. The maximum absolute atomic E-state index is 12.7. The van der Waals surface area contributed by atoms with E-state index in [1.54, 1.807) is 53.4 Å². The van der Waals surface area contributed by atoms with Crippen LogP contribution in [0.5, 0.6) is 0 Å². The van der Waals surface area contributed by atoms with Crippen molar-refractivity contribution in [2.24, 2.45) is 4.40 Å². The number of sulfonamides is 1. The van der Waals surface area contributed by atoms with Gasteiger partial charge < -0.3 is 0 Å². The predicted molar refractivity (Wildman–Crippen MR) is 108 cm³/mol. The Bertz CT molecular complexity index is 1160. The Hall–Kier alpha value is -2.12. The predicted octanol–water partition coefficient (Wildman–Crippen LogP) is 5.33. The average Bonchev–Trinajstić information content (AvgIpc) is 2.61. The van der Waals surface area contributed by atoms with Crippen molar-refractivity contribution in [3.63, 3.8) is 0 Å². The Balaban J connectivity index is 2.02. The first kappa shape index (κ1) is 18.3. The molecule has 0 aliphatic carbocycles. The van der Waals surface area contributed by atoms with Gasteiger partial charge in [-0.15, -0.1) is 4.40 Å². The standard InChI is InChI=1S/C18H10Cl3N3O2S/c19-12-3-1-11(2-4-12)18-23-27(25,26)17-10-22-6-5-16(17)24(18)15-8-13(20)7-14(21)9-15/h1-10H. The van der Waals surface area contributed by atoms with Crippen molar-refractivity contribution in [3.8, 4) is 0 Å². The summed E-state index contributed by atoms with van der Waals surface area (Å²) >= 11 is 18.3. The summed E-state index contributed by atoms with van der Waals surface area (Å²) in [5, 5.41) is 1.36. The zero-order valence-electron chi connectivity index (χ0n) is 13.5. The van der Waals surface area contributed by atoms with Crippen molar-refractivity contribution in [3.05, 3.63) is 81.6 Å². The van der Waals surface area contributed by atoms with E-state index in [1.807, 2.05) is 0 Å². The maximum atomic E-state index is 12.7. The van der Waals surface area contributed by atoms with Crippen LogP contribution in [0, 0.1) is 0 Å². The molecular weight excluding hydrogens is 429 g/mol. The number of benzene rings is 2. The molecule has 0 atom stereocenters. The van der Waals surface area contributed by atoms with Gasteiger partial charge in [0.1, 0.15) is 4.90 Å². The summed E-state index contributed by atoms with van der Waals surface area (Å²) in [5.74, 6) is 0.212. The molecule has 0 unspecified atom stereocenters. The minimum Gasteiger partial charge on any atom is -0.292 e. The van der Waals surface area contributed by atoms with Gasteiger partial charge in [0.05, 0.1) is 11.4 Å². The number of hydrogen-bond donors (Lipinski definition) is 0. The van der Waals surface area contributed by atoms with Crippen LogP contribution in [0.3, 0.4) is 0 Å². The number of nitrogens with zero attached hydrogens (tertiary/aromatic N) is 3. The van der Waals surface area contributed by atoms with Crippen LogP contribution < -0.4 is 4.90 Å². The second-order valence-corrected chi connectivity index (χ2v) is 8.59. The Morgan fingerprint density at radius 2 is 1.52 bits per heavy atom. The van der Waals surface area contributed by atoms with Crippen LogP contribution in [-0.4, -0.2) is 19.2 Å². The van der Waals surface area contributed by atoms with Crippen molar-refractivity contribution in [2.45, 2.75) is 4.90 Å². The van der Waals surface area contributed by atoms with Crippen molar-refractivity contribution in [1.29, 1.82) is 0 Å². The summed E-state index contributed by atoms with van der Waals surface area (Å²) in [4.78, 5) is 5.60. The van der Waals surface area contributed by atoms with Crippen LogP contribution in [0.4, 0.5) is 11.4 Å². The van der Waals surface area contributed by atoms with E-state index < -0.39 is 10.0 Å². The van der Waals surface area contributed by atoms with E-state index in [-0.39, 0.29) is 10.7 Å². The molecular formula is C18H10Cl3N3O2S. The van der Waals surface area contributed by atoms with Gasteiger partial charge in [-0.25, -0.2) is 0 Å². The number of fused-ring (bicyclic) bond motifs is 1. The fourth-order valence-electron chi connectivity index (χ4n) is 2.78. The number of amidine groups is 1. The lowest BCUT2D eigenvalue weighted by Crippen LogP contribution is -2.32.